The molecule has 0 unspecified atom stereocenters. The number of rotatable bonds is 5. The van der Waals surface area contributed by atoms with E-state index in [0.717, 1.165) is 48.2 Å². The molecule has 0 saturated carbocycles. The summed E-state index contributed by atoms with van der Waals surface area (Å²) in [6.07, 6.45) is 1.53. The Morgan fingerprint density at radius 2 is 1.82 bits per heavy atom. The lowest BCUT2D eigenvalue weighted by molar-refractivity contribution is 0.0657. The molecule has 1 saturated heterocycles. The van der Waals surface area contributed by atoms with Crippen molar-refractivity contribution >= 4 is 35.8 Å². The summed E-state index contributed by atoms with van der Waals surface area (Å²) < 4.78 is 7.24. The van der Waals surface area contributed by atoms with Gasteiger partial charge < -0.3 is 19.5 Å². The Morgan fingerprint density at radius 3 is 2.45 bits per heavy atom. The number of nitrogens with zero attached hydrogens (tertiary/aromatic N) is 5. The second-order valence-electron chi connectivity index (χ2n) is 7.89. The monoisotopic (exact) mass is 562 g/mol. The lowest BCUT2D eigenvalue weighted by Crippen LogP contribution is -2.53. The van der Waals surface area contributed by atoms with Gasteiger partial charge in [0, 0.05) is 38.4 Å². The summed E-state index contributed by atoms with van der Waals surface area (Å²) in [5.74, 6) is 1.19. The highest BCUT2D eigenvalue weighted by Crippen LogP contribution is 2.18. The van der Waals surface area contributed by atoms with Crippen molar-refractivity contribution in [3.63, 3.8) is 0 Å². The Hall–Kier alpha value is -2.82. The minimum absolute atomic E-state index is 0. The fourth-order valence-corrected chi connectivity index (χ4v) is 3.99. The molecule has 4 rings (SSSR count). The molecule has 1 aliphatic heterocycles. The van der Waals surface area contributed by atoms with E-state index in [9.17, 15) is 4.79 Å². The number of aliphatic imine (C=N–C) groups is 1. The molecule has 3 aromatic rings. The number of carbonyl (C=O) groups is 1. The number of nitrogens with one attached hydrogen (secondary N) is 1. The summed E-state index contributed by atoms with van der Waals surface area (Å²) in [6, 6.07) is 13.8. The van der Waals surface area contributed by atoms with Crippen LogP contribution in [0.1, 0.15) is 34.4 Å². The van der Waals surface area contributed by atoms with E-state index in [2.05, 4.69) is 47.4 Å². The molecule has 1 aromatic carbocycles. The number of aromatic nitrogens is 2. The summed E-state index contributed by atoms with van der Waals surface area (Å²) in [7, 11) is 0. The van der Waals surface area contributed by atoms with Gasteiger partial charge in [-0.15, -0.1) is 24.0 Å². The summed E-state index contributed by atoms with van der Waals surface area (Å²) in [6.45, 7) is 10.2. The van der Waals surface area contributed by atoms with Gasteiger partial charge in [-0.1, -0.05) is 18.2 Å². The van der Waals surface area contributed by atoms with E-state index >= 15 is 0 Å². The van der Waals surface area contributed by atoms with Gasteiger partial charge in [0.2, 0.25) is 0 Å². The Balaban J connectivity index is 0.00000306. The Kier molecular flexibility index (Phi) is 8.54. The first-order valence-corrected chi connectivity index (χ1v) is 11.0. The average molecular weight is 562 g/mol. The fraction of sp³-hybridized carbons (Fsp3) is 0.375. The smallest absolute Gasteiger partial charge is 0.289 e. The second kappa shape index (κ2) is 11.4. The Morgan fingerprint density at radius 1 is 1.09 bits per heavy atom. The van der Waals surface area contributed by atoms with Gasteiger partial charge in [-0.3, -0.25) is 4.79 Å². The quantitative estimate of drug-likeness (QED) is 0.292. The molecule has 0 bridgehead atoms. The third-order valence-corrected chi connectivity index (χ3v) is 5.56. The van der Waals surface area contributed by atoms with Crippen LogP contribution in [-0.2, 0) is 6.54 Å². The van der Waals surface area contributed by atoms with Gasteiger partial charge in [-0.2, -0.15) is 5.10 Å². The highest BCUT2D eigenvalue weighted by atomic mass is 127. The predicted molar refractivity (Wildman–Crippen MR) is 139 cm³/mol. The third-order valence-electron chi connectivity index (χ3n) is 5.56. The van der Waals surface area contributed by atoms with Crippen molar-refractivity contribution in [2.75, 3.05) is 32.7 Å². The summed E-state index contributed by atoms with van der Waals surface area (Å²) >= 11 is 0. The minimum Gasteiger partial charge on any atom is -0.459 e. The molecule has 0 spiro atoms. The number of hydrogen-bond donors (Lipinski definition) is 1. The van der Waals surface area contributed by atoms with Gasteiger partial charge in [-0.25, -0.2) is 9.67 Å². The van der Waals surface area contributed by atoms with Gasteiger partial charge in [0.25, 0.3) is 5.91 Å². The molecule has 1 aliphatic rings. The van der Waals surface area contributed by atoms with E-state index in [0.29, 0.717) is 25.4 Å². The topological polar surface area (TPSA) is 78.9 Å². The van der Waals surface area contributed by atoms with Crippen molar-refractivity contribution in [1.29, 1.82) is 0 Å². The number of carbonyl (C=O) groups excluding carboxylic acids is 1. The average Bonchev–Trinajstić information content (AvgIpc) is 3.46. The zero-order valence-corrected chi connectivity index (χ0v) is 21.7. The summed E-state index contributed by atoms with van der Waals surface area (Å²) in [5.41, 5.74) is 4.26. The molecule has 3 heterocycles. The van der Waals surface area contributed by atoms with Crippen LogP contribution >= 0.6 is 24.0 Å². The van der Waals surface area contributed by atoms with Crippen molar-refractivity contribution in [1.82, 2.24) is 24.9 Å². The fourth-order valence-electron chi connectivity index (χ4n) is 3.99. The maximum Gasteiger partial charge on any atom is 0.289 e. The molecule has 1 N–H and O–H groups in total. The largest absolute Gasteiger partial charge is 0.459 e. The number of aryl methyl sites for hydroxylation is 2. The molecule has 0 radical (unpaired) electrons. The van der Waals surface area contributed by atoms with Gasteiger partial charge in [0.15, 0.2) is 11.7 Å². The van der Waals surface area contributed by atoms with E-state index in [-0.39, 0.29) is 29.9 Å². The predicted octanol–water partition coefficient (Wildman–Crippen LogP) is 3.62. The molecule has 2 aromatic heterocycles. The van der Waals surface area contributed by atoms with Gasteiger partial charge >= 0.3 is 0 Å². The van der Waals surface area contributed by atoms with Crippen molar-refractivity contribution in [2.24, 2.45) is 4.99 Å². The standard InChI is InChI=1S/C24H30N6O2.HI/c1-4-25-24(29-13-11-28(12-14-29)23(31)22-10-7-15-32-22)26-17-20-8-5-6-9-21(20)30-19(3)16-18(2)27-30;/h5-10,15-16H,4,11-14,17H2,1-3H3,(H,25,26);1H. The Bertz CT molecular complexity index is 1080. The minimum atomic E-state index is -0.0598. The van der Waals surface area contributed by atoms with Crippen LogP contribution in [0, 0.1) is 13.8 Å². The van der Waals surface area contributed by atoms with Gasteiger partial charge in [0.05, 0.1) is 24.2 Å². The van der Waals surface area contributed by atoms with Crippen LogP contribution in [0.25, 0.3) is 5.69 Å². The van der Waals surface area contributed by atoms with Crippen LogP contribution in [0.2, 0.25) is 0 Å². The van der Waals surface area contributed by atoms with Crippen LogP contribution in [0.4, 0.5) is 0 Å². The first-order valence-electron chi connectivity index (χ1n) is 11.0. The number of para-hydroxylation sites is 1. The Labute approximate surface area is 211 Å². The number of piperazine rings is 1. The summed E-state index contributed by atoms with van der Waals surface area (Å²) in [5, 5.41) is 8.04. The lowest BCUT2D eigenvalue weighted by Gasteiger charge is -2.36. The van der Waals surface area contributed by atoms with Crippen LogP contribution in [0.5, 0.6) is 0 Å². The van der Waals surface area contributed by atoms with E-state index in [1.54, 1.807) is 12.1 Å². The first kappa shape index (κ1) is 24.8. The number of benzene rings is 1. The number of hydrogen-bond acceptors (Lipinski definition) is 4. The van der Waals surface area contributed by atoms with E-state index in [4.69, 9.17) is 9.41 Å². The second-order valence-corrected chi connectivity index (χ2v) is 7.89. The third kappa shape index (κ3) is 5.76. The maximum atomic E-state index is 12.5. The molecule has 0 atom stereocenters. The van der Waals surface area contributed by atoms with E-state index in [1.165, 1.54) is 6.26 Å². The van der Waals surface area contributed by atoms with Crippen LogP contribution in [0.3, 0.4) is 0 Å². The van der Waals surface area contributed by atoms with Gasteiger partial charge in [0.1, 0.15) is 0 Å². The number of halogens is 1. The highest BCUT2D eigenvalue weighted by molar-refractivity contribution is 14.0. The van der Waals surface area contributed by atoms with Crippen LogP contribution in [0.15, 0.2) is 58.1 Å². The maximum absolute atomic E-state index is 12.5. The van der Waals surface area contributed by atoms with Crippen LogP contribution in [-0.4, -0.2) is 64.2 Å². The molecule has 9 heteroatoms. The molecule has 1 fully saturated rings. The molecule has 176 valence electrons. The molecule has 1 amide bonds. The molecular formula is C24H31IN6O2. The molecular weight excluding hydrogens is 531 g/mol. The highest BCUT2D eigenvalue weighted by Gasteiger charge is 2.25. The normalized spacial score (nSPS) is 14.2. The zero-order chi connectivity index (χ0) is 22.5. The number of furan rings is 1. The molecule has 33 heavy (non-hydrogen) atoms. The summed E-state index contributed by atoms with van der Waals surface area (Å²) in [4.78, 5) is 21.5. The van der Waals surface area contributed by atoms with Crippen LogP contribution < -0.4 is 5.32 Å². The zero-order valence-electron chi connectivity index (χ0n) is 19.3. The first-order chi connectivity index (χ1) is 15.6. The molecule has 0 aliphatic carbocycles. The van der Waals surface area contributed by atoms with E-state index < -0.39 is 0 Å². The van der Waals surface area contributed by atoms with E-state index in [1.807, 2.05) is 28.6 Å². The van der Waals surface area contributed by atoms with Crippen molar-refractivity contribution in [3.8, 4) is 5.69 Å². The number of guanidine groups is 1. The van der Waals surface area contributed by atoms with Crippen molar-refractivity contribution in [3.05, 3.63) is 71.4 Å². The lowest BCUT2D eigenvalue weighted by atomic mass is 10.2. The SMILES string of the molecule is CCNC(=NCc1ccccc1-n1nc(C)cc1C)N1CCN(C(=O)c2ccco2)CC1.I. The van der Waals surface area contributed by atoms with Crippen molar-refractivity contribution < 1.29 is 9.21 Å². The number of amides is 1. The van der Waals surface area contributed by atoms with Gasteiger partial charge in [-0.05, 0) is 50.6 Å². The van der Waals surface area contributed by atoms with Crippen molar-refractivity contribution in [2.45, 2.75) is 27.3 Å². The molecule has 8 nitrogen and oxygen atoms in total.